The molecule has 0 fully saturated rings. The summed E-state index contributed by atoms with van der Waals surface area (Å²) >= 11 is 0. The molecule has 0 aliphatic carbocycles. The Balaban J connectivity index is 2.52. The lowest BCUT2D eigenvalue weighted by Gasteiger charge is -2.17. The molecule has 0 bridgehead atoms. The molecule has 0 spiro atoms. The SMILES string of the molecule is COC(=O)CCN(C)S(=O)(=O)NCc1ccc(C)cc1. The van der Waals surface area contributed by atoms with Crippen LogP contribution in [-0.2, 0) is 26.3 Å². The first-order valence-electron chi connectivity index (χ1n) is 6.18. The summed E-state index contributed by atoms with van der Waals surface area (Å²) in [6.07, 6.45) is 0.0262. The van der Waals surface area contributed by atoms with Gasteiger partial charge in [-0.05, 0) is 12.5 Å². The van der Waals surface area contributed by atoms with Crippen molar-refractivity contribution in [3.63, 3.8) is 0 Å². The number of hydrogen-bond donors (Lipinski definition) is 1. The summed E-state index contributed by atoms with van der Waals surface area (Å²) < 4.78 is 31.9. The van der Waals surface area contributed by atoms with Crippen LogP contribution in [-0.4, -0.2) is 39.4 Å². The standard InChI is InChI=1S/C13H20N2O4S/c1-11-4-6-12(7-5-11)10-14-20(17,18)15(2)9-8-13(16)19-3/h4-7,14H,8-10H2,1-3H3. The largest absolute Gasteiger partial charge is 0.469 e. The summed E-state index contributed by atoms with van der Waals surface area (Å²) in [6.45, 7) is 2.26. The lowest BCUT2D eigenvalue weighted by Crippen LogP contribution is -2.38. The molecule has 112 valence electrons. The van der Waals surface area contributed by atoms with Gasteiger partial charge in [0, 0.05) is 20.1 Å². The number of nitrogens with one attached hydrogen (secondary N) is 1. The van der Waals surface area contributed by atoms with Crippen molar-refractivity contribution in [2.75, 3.05) is 20.7 Å². The highest BCUT2D eigenvalue weighted by atomic mass is 32.2. The average molecular weight is 300 g/mol. The van der Waals surface area contributed by atoms with Gasteiger partial charge in [0.1, 0.15) is 0 Å². The van der Waals surface area contributed by atoms with Crippen molar-refractivity contribution in [1.29, 1.82) is 0 Å². The molecule has 0 aliphatic rings. The van der Waals surface area contributed by atoms with E-state index in [1.165, 1.54) is 14.2 Å². The third-order valence-electron chi connectivity index (χ3n) is 2.85. The van der Waals surface area contributed by atoms with Crippen molar-refractivity contribution in [3.8, 4) is 0 Å². The molecule has 0 unspecified atom stereocenters. The maximum absolute atomic E-state index is 11.9. The molecule has 1 aromatic carbocycles. The van der Waals surface area contributed by atoms with Crippen LogP contribution in [0.4, 0.5) is 0 Å². The summed E-state index contributed by atoms with van der Waals surface area (Å²) in [4.78, 5) is 11.0. The number of rotatable bonds is 7. The number of carbonyl (C=O) groups excluding carboxylic acids is 1. The van der Waals surface area contributed by atoms with Crippen LogP contribution < -0.4 is 4.72 Å². The van der Waals surface area contributed by atoms with Gasteiger partial charge >= 0.3 is 5.97 Å². The van der Waals surface area contributed by atoms with E-state index in [0.29, 0.717) is 0 Å². The fraction of sp³-hybridized carbons (Fsp3) is 0.462. The quantitative estimate of drug-likeness (QED) is 0.757. The predicted molar refractivity (Wildman–Crippen MR) is 76.2 cm³/mol. The van der Waals surface area contributed by atoms with E-state index in [1.807, 2.05) is 31.2 Å². The first-order chi connectivity index (χ1) is 9.35. The fourth-order valence-corrected chi connectivity index (χ4v) is 2.36. The third kappa shape index (κ3) is 5.28. The minimum Gasteiger partial charge on any atom is -0.469 e. The number of methoxy groups -OCH3 is 1. The summed E-state index contributed by atoms with van der Waals surface area (Å²) in [5.74, 6) is -0.439. The van der Waals surface area contributed by atoms with Crippen molar-refractivity contribution < 1.29 is 17.9 Å². The number of nitrogens with zero attached hydrogens (tertiary/aromatic N) is 1. The van der Waals surface area contributed by atoms with E-state index in [-0.39, 0.29) is 19.5 Å². The predicted octanol–water partition coefficient (Wildman–Crippen LogP) is 0.824. The monoisotopic (exact) mass is 300 g/mol. The van der Waals surface area contributed by atoms with Crippen LogP contribution in [0.3, 0.4) is 0 Å². The second-order valence-corrected chi connectivity index (χ2v) is 6.32. The number of hydrogen-bond acceptors (Lipinski definition) is 4. The molecule has 1 rings (SSSR count). The Labute approximate surface area is 119 Å². The highest BCUT2D eigenvalue weighted by molar-refractivity contribution is 7.87. The number of ether oxygens (including phenoxy) is 1. The normalized spacial score (nSPS) is 11.6. The van der Waals surface area contributed by atoms with Crippen molar-refractivity contribution >= 4 is 16.2 Å². The second-order valence-electron chi connectivity index (χ2n) is 4.46. The van der Waals surface area contributed by atoms with Gasteiger partial charge in [0.15, 0.2) is 0 Å². The van der Waals surface area contributed by atoms with E-state index in [9.17, 15) is 13.2 Å². The molecule has 0 atom stereocenters. The van der Waals surface area contributed by atoms with Crippen LogP contribution in [0.5, 0.6) is 0 Å². The van der Waals surface area contributed by atoms with Gasteiger partial charge in [-0.3, -0.25) is 4.79 Å². The first kappa shape index (κ1) is 16.6. The van der Waals surface area contributed by atoms with Crippen LogP contribution in [0.15, 0.2) is 24.3 Å². The Morgan fingerprint density at radius 2 is 1.90 bits per heavy atom. The van der Waals surface area contributed by atoms with Crippen LogP contribution >= 0.6 is 0 Å². The Bertz CT molecular complexity index is 540. The molecule has 0 heterocycles. The first-order valence-corrected chi connectivity index (χ1v) is 7.62. The lowest BCUT2D eigenvalue weighted by atomic mass is 10.2. The number of benzene rings is 1. The third-order valence-corrected chi connectivity index (χ3v) is 4.36. The van der Waals surface area contributed by atoms with Crippen molar-refractivity contribution in [2.24, 2.45) is 0 Å². The van der Waals surface area contributed by atoms with E-state index >= 15 is 0 Å². The molecule has 0 saturated heterocycles. The van der Waals surface area contributed by atoms with Gasteiger partial charge in [-0.1, -0.05) is 29.8 Å². The molecule has 0 radical (unpaired) electrons. The van der Waals surface area contributed by atoms with Gasteiger partial charge in [0.2, 0.25) is 0 Å². The zero-order valence-electron chi connectivity index (χ0n) is 11.9. The zero-order chi connectivity index (χ0) is 15.2. The van der Waals surface area contributed by atoms with Crippen LogP contribution in [0.1, 0.15) is 17.5 Å². The Morgan fingerprint density at radius 3 is 2.45 bits per heavy atom. The molecule has 1 aromatic rings. The Hall–Kier alpha value is -1.44. The molecule has 1 N–H and O–H groups in total. The van der Waals surface area contributed by atoms with Gasteiger partial charge in [-0.25, -0.2) is 0 Å². The van der Waals surface area contributed by atoms with Crippen molar-refractivity contribution in [1.82, 2.24) is 9.03 Å². The molecule has 0 saturated carbocycles. The van der Waals surface area contributed by atoms with Gasteiger partial charge in [-0.15, -0.1) is 0 Å². The molecule has 0 amide bonds. The summed E-state index contributed by atoms with van der Waals surface area (Å²) in [6, 6.07) is 7.58. The Morgan fingerprint density at radius 1 is 1.30 bits per heavy atom. The molecule has 6 nitrogen and oxygen atoms in total. The summed E-state index contributed by atoms with van der Waals surface area (Å²) in [5, 5.41) is 0. The molecular weight excluding hydrogens is 280 g/mol. The molecule has 20 heavy (non-hydrogen) atoms. The molecule has 0 aliphatic heterocycles. The molecular formula is C13H20N2O4S. The van der Waals surface area contributed by atoms with Crippen LogP contribution in [0.2, 0.25) is 0 Å². The topological polar surface area (TPSA) is 75.7 Å². The van der Waals surface area contributed by atoms with Crippen molar-refractivity contribution in [3.05, 3.63) is 35.4 Å². The van der Waals surface area contributed by atoms with E-state index in [0.717, 1.165) is 15.4 Å². The Kier molecular flexibility index (Phi) is 6.12. The van der Waals surface area contributed by atoms with E-state index in [2.05, 4.69) is 9.46 Å². The van der Waals surface area contributed by atoms with Gasteiger partial charge in [0.25, 0.3) is 10.2 Å². The van der Waals surface area contributed by atoms with Gasteiger partial charge < -0.3 is 4.74 Å². The maximum atomic E-state index is 11.9. The number of aryl methyl sites for hydroxylation is 1. The van der Waals surface area contributed by atoms with E-state index in [4.69, 9.17) is 0 Å². The highest BCUT2D eigenvalue weighted by Crippen LogP contribution is 2.04. The van der Waals surface area contributed by atoms with Crippen LogP contribution in [0, 0.1) is 6.92 Å². The van der Waals surface area contributed by atoms with Gasteiger partial charge in [0.05, 0.1) is 13.5 Å². The smallest absolute Gasteiger partial charge is 0.306 e. The lowest BCUT2D eigenvalue weighted by molar-refractivity contribution is -0.140. The number of esters is 1. The fourth-order valence-electron chi connectivity index (χ4n) is 1.46. The highest BCUT2D eigenvalue weighted by Gasteiger charge is 2.18. The minimum atomic E-state index is -3.60. The zero-order valence-corrected chi connectivity index (χ0v) is 12.7. The van der Waals surface area contributed by atoms with Crippen molar-refractivity contribution in [2.45, 2.75) is 19.9 Å². The van der Waals surface area contributed by atoms with Gasteiger partial charge in [-0.2, -0.15) is 17.4 Å². The summed E-state index contributed by atoms with van der Waals surface area (Å²) in [7, 11) is -0.910. The van der Waals surface area contributed by atoms with Crippen LogP contribution in [0.25, 0.3) is 0 Å². The average Bonchev–Trinajstić information content (AvgIpc) is 2.43. The molecule has 0 aromatic heterocycles. The van der Waals surface area contributed by atoms with E-state index in [1.54, 1.807) is 0 Å². The van der Waals surface area contributed by atoms with E-state index < -0.39 is 16.2 Å². The number of carbonyl (C=O) groups is 1. The summed E-state index contributed by atoms with van der Waals surface area (Å²) in [5.41, 5.74) is 1.99. The maximum Gasteiger partial charge on any atom is 0.306 e. The second kappa shape index (κ2) is 7.37. The minimum absolute atomic E-state index is 0.0262. The molecule has 7 heteroatoms.